The zero-order valence-electron chi connectivity index (χ0n) is 18.1. The van der Waals surface area contributed by atoms with Gasteiger partial charge in [0.15, 0.2) is 0 Å². The molecule has 4 aromatic rings. The largest absolute Gasteiger partial charge is 0.453 e. The summed E-state index contributed by atoms with van der Waals surface area (Å²) in [5.41, 5.74) is -0.217. The molecule has 0 spiro atoms. The van der Waals surface area contributed by atoms with Gasteiger partial charge in [0, 0.05) is 12.1 Å². The third-order valence-electron chi connectivity index (χ3n) is 4.79. The number of rotatable bonds is 5. The van der Waals surface area contributed by atoms with Crippen LogP contribution in [0.15, 0.2) is 82.0 Å². The molecule has 0 aliphatic heterocycles. The number of benzene rings is 3. The lowest BCUT2D eigenvalue weighted by Gasteiger charge is -2.13. The Bertz CT molecular complexity index is 1480. The number of halogens is 4. The van der Waals surface area contributed by atoms with E-state index in [0.29, 0.717) is 5.56 Å². The fourth-order valence-corrected chi connectivity index (χ4v) is 3.18. The van der Waals surface area contributed by atoms with Crippen LogP contribution in [0.5, 0.6) is 17.2 Å². The fraction of sp³-hybridized carbons (Fsp3) is 0.0769. The van der Waals surface area contributed by atoms with E-state index in [1.807, 2.05) is 0 Å². The maximum Gasteiger partial charge on any atom is 0.453 e. The van der Waals surface area contributed by atoms with Gasteiger partial charge < -0.3 is 13.9 Å². The molecule has 1 heterocycles. The molecule has 0 fully saturated rings. The molecule has 0 bridgehead atoms. The third-order valence-corrected chi connectivity index (χ3v) is 4.79. The van der Waals surface area contributed by atoms with Crippen LogP contribution >= 0.6 is 0 Å². The minimum Gasteiger partial charge on any atom is -0.449 e. The highest BCUT2D eigenvalue weighted by molar-refractivity contribution is 5.89. The van der Waals surface area contributed by atoms with Crippen molar-refractivity contribution in [3.05, 3.63) is 106 Å². The molecule has 3 aromatic carbocycles. The van der Waals surface area contributed by atoms with Gasteiger partial charge in [0.25, 0.3) is 5.76 Å². The fourth-order valence-electron chi connectivity index (χ4n) is 3.18. The summed E-state index contributed by atoms with van der Waals surface area (Å²) in [5.74, 6) is -3.99. The van der Waals surface area contributed by atoms with Gasteiger partial charge in [-0.1, -0.05) is 24.3 Å². The SMILES string of the molecule is Cc1cccc(Oc2c(C(F)(F)F)oc3cc(OC(=O)C=Cc4ccc(F)cc4)ccc3c2=O)c1. The Kier molecular flexibility index (Phi) is 6.42. The van der Waals surface area contributed by atoms with E-state index < -0.39 is 40.5 Å². The highest BCUT2D eigenvalue weighted by atomic mass is 19.4. The highest BCUT2D eigenvalue weighted by Gasteiger charge is 2.40. The van der Waals surface area contributed by atoms with Crippen LogP contribution in [0.3, 0.4) is 0 Å². The van der Waals surface area contributed by atoms with E-state index in [9.17, 15) is 27.2 Å². The molecule has 0 saturated carbocycles. The number of fused-ring (bicyclic) bond motifs is 1. The molecule has 35 heavy (non-hydrogen) atoms. The van der Waals surface area contributed by atoms with Crippen LogP contribution < -0.4 is 14.9 Å². The third kappa shape index (κ3) is 5.57. The molecule has 0 aliphatic carbocycles. The number of esters is 1. The number of carbonyl (C=O) groups is 1. The van der Waals surface area contributed by atoms with Crippen LogP contribution in [-0.4, -0.2) is 5.97 Å². The summed E-state index contributed by atoms with van der Waals surface area (Å²) in [6, 6.07) is 14.9. The van der Waals surface area contributed by atoms with E-state index in [-0.39, 0.29) is 16.9 Å². The van der Waals surface area contributed by atoms with E-state index in [1.54, 1.807) is 19.1 Å². The van der Waals surface area contributed by atoms with E-state index in [1.165, 1.54) is 54.6 Å². The van der Waals surface area contributed by atoms with E-state index in [0.717, 1.165) is 17.7 Å². The van der Waals surface area contributed by atoms with Gasteiger partial charge >= 0.3 is 12.1 Å². The number of hydrogen-bond donors (Lipinski definition) is 0. The van der Waals surface area contributed by atoms with Gasteiger partial charge in [-0.25, -0.2) is 9.18 Å². The second-order valence-electron chi connectivity index (χ2n) is 7.47. The van der Waals surface area contributed by atoms with E-state index in [2.05, 4.69) is 0 Å². The van der Waals surface area contributed by atoms with Crippen LogP contribution in [0.1, 0.15) is 16.9 Å². The first kappa shape index (κ1) is 23.7. The number of aryl methyl sites for hydroxylation is 1. The predicted molar refractivity (Wildman–Crippen MR) is 120 cm³/mol. The van der Waals surface area contributed by atoms with Crippen molar-refractivity contribution in [3.63, 3.8) is 0 Å². The van der Waals surface area contributed by atoms with Gasteiger partial charge in [-0.15, -0.1) is 0 Å². The smallest absolute Gasteiger partial charge is 0.449 e. The standard InChI is InChI=1S/C26H16F4O5/c1-15-3-2-4-18(13-15)34-24-23(32)20-11-10-19(14-21(20)35-25(24)26(28,29)30)33-22(31)12-7-16-5-8-17(27)9-6-16/h2-14H,1H3. The van der Waals surface area contributed by atoms with Crippen LogP contribution in [-0.2, 0) is 11.0 Å². The average Bonchev–Trinajstić information content (AvgIpc) is 2.80. The number of carbonyl (C=O) groups excluding carboxylic acids is 1. The van der Waals surface area contributed by atoms with E-state index in [4.69, 9.17) is 13.9 Å². The van der Waals surface area contributed by atoms with Gasteiger partial charge in [-0.05, 0) is 60.5 Å². The second-order valence-corrected chi connectivity index (χ2v) is 7.47. The minimum absolute atomic E-state index is 0.0423. The first-order chi connectivity index (χ1) is 16.6. The number of hydrogen-bond acceptors (Lipinski definition) is 5. The van der Waals surface area contributed by atoms with Crippen molar-refractivity contribution in [3.8, 4) is 17.2 Å². The lowest BCUT2D eigenvalue weighted by molar-refractivity contribution is -0.154. The molecule has 0 N–H and O–H groups in total. The number of ether oxygens (including phenoxy) is 2. The lowest BCUT2D eigenvalue weighted by Crippen LogP contribution is -2.15. The average molecular weight is 484 g/mol. The normalized spacial score (nSPS) is 11.7. The summed E-state index contributed by atoms with van der Waals surface area (Å²) in [7, 11) is 0. The molecule has 0 amide bonds. The zero-order chi connectivity index (χ0) is 25.2. The molecule has 178 valence electrons. The Morgan fingerprint density at radius 3 is 2.40 bits per heavy atom. The summed E-state index contributed by atoms with van der Waals surface area (Å²) in [6.45, 7) is 1.72. The summed E-state index contributed by atoms with van der Waals surface area (Å²) in [6.07, 6.45) is -2.59. The summed E-state index contributed by atoms with van der Waals surface area (Å²) in [4.78, 5) is 25.0. The van der Waals surface area contributed by atoms with Crippen molar-refractivity contribution < 1.29 is 36.2 Å². The first-order valence-corrected chi connectivity index (χ1v) is 10.2. The van der Waals surface area contributed by atoms with Crippen LogP contribution in [0.2, 0.25) is 0 Å². The molecule has 4 rings (SSSR count). The van der Waals surface area contributed by atoms with Crippen molar-refractivity contribution in [2.75, 3.05) is 0 Å². The Labute approximate surface area is 195 Å². The van der Waals surface area contributed by atoms with Crippen molar-refractivity contribution in [2.45, 2.75) is 13.1 Å². The summed E-state index contributed by atoms with van der Waals surface area (Å²) >= 11 is 0. The molecular weight excluding hydrogens is 468 g/mol. The Balaban J connectivity index is 1.66. The number of alkyl halides is 3. The maximum atomic E-state index is 13.7. The van der Waals surface area contributed by atoms with E-state index >= 15 is 0 Å². The van der Waals surface area contributed by atoms with Crippen molar-refractivity contribution in [1.29, 1.82) is 0 Å². The topological polar surface area (TPSA) is 65.7 Å². The quantitative estimate of drug-likeness (QED) is 0.137. The predicted octanol–water partition coefficient (Wildman–Crippen LogP) is 6.67. The molecule has 0 unspecified atom stereocenters. The van der Waals surface area contributed by atoms with Crippen molar-refractivity contribution >= 4 is 23.0 Å². The zero-order valence-corrected chi connectivity index (χ0v) is 18.1. The first-order valence-electron chi connectivity index (χ1n) is 10.2. The second kappa shape index (κ2) is 9.46. The van der Waals surface area contributed by atoms with Crippen LogP contribution in [0, 0.1) is 12.7 Å². The van der Waals surface area contributed by atoms with Crippen molar-refractivity contribution in [1.82, 2.24) is 0 Å². The molecule has 0 aliphatic rings. The Morgan fingerprint density at radius 2 is 1.71 bits per heavy atom. The molecule has 0 radical (unpaired) electrons. The van der Waals surface area contributed by atoms with Crippen LogP contribution in [0.4, 0.5) is 17.6 Å². The van der Waals surface area contributed by atoms with Crippen molar-refractivity contribution in [2.24, 2.45) is 0 Å². The Hall–Kier alpha value is -4.40. The monoisotopic (exact) mass is 484 g/mol. The maximum absolute atomic E-state index is 13.7. The minimum atomic E-state index is -5.03. The molecule has 0 saturated heterocycles. The van der Waals surface area contributed by atoms with Gasteiger partial charge in [0.05, 0.1) is 5.39 Å². The Morgan fingerprint density at radius 1 is 0.971 bits per heavy atom. The summed E-state index contributed by atoms with van der Waals surface area (Å²) in [5, 5.41) is -0.192. The highest BCUT2D eigenvalue weighted by Crippen LogP contribution is 2.38. The van der Waals surface area contributed by atoms with Gasteiger partial charge in [0.1, 0.15) is 22.9 Å². The molecular formula is C26H16F4O5. The van der Waals surface area contributed by atoms with Gasteiger partial charge in [0.2, 0.25) is 11.2 Å². The van der Waals surface area contributed by atoms with Gasteiger partial charge in [-0.3, -0.25) is 4.79 Å². The molecule has 9 heteroatoms. The molecule has 1 aromatic heterocycles. The molecule has 0 atom stereocenters. The lowest BCUT2D eigenvalue weighted by atomic mass is 10.2. The van der Waals surface area contributed by atoms with Gasteiger partial charge in [-0.2, -0.15) is 13.2 Å². The summed E-state index contributed by atoms with van der Waals surface area (Å²) < 4.78 is 69.5. The van der Waals surface area contributed by atoms with Crippen LogP contribution in [0.25, 0.3) is 17.0 Å². The molecule has 5 nitrogen and oxygen atoms in total.